The number of carbonyl (C=O) groups excluding carboxylic acids is 1. The minimum Gasteiger partial charge on any atom is -0.497 e. The Morgan fingerprint density at radius 2 is 1.58 bits per heavy atom. The van der Waals surface area contributed by atoms with Crippen molar-refractivity contribution in [3.8, 4) is 28.7 Å². The Kier molecular flexibility index (Phi) is 7.44. The second-order valence-corrected chi connectivity index (χ2v) is 8.44. The molecule has 3 aromatic carbocycles. The molecule has 186 valence electrons. The van der Waals surface area contributed by atoms with E-state index in [0.717, 1.165) is 11.8 Å². The number of aromatic nitrogens is 2. The lowest BCUT2D eigenvalue weighted by Crippen LogP contribution is -2.22. The fourth-order valence-corrected chi connectivity index (χ4v) is 4.57. The Morgan fingerprint density at radius 3 is 2.17 bits per heavy atom. The summed E-state index contributed by atoms with van der Waals surface area (Å²) in [7, 11) is 5.88. The van der Waals surface area contributed by atoms with Crippen LogP contribution in [-0.4, -0.2) is 49.5 Å². The number of rotatable bonds is 9. The first kappa shape index (κ1) is 25.1. The summed E-state index contributed by atoms with van der Waals surface area (Å²) in [4.78, 5) is 31.3. The molecule has 8 nitrogen and oxygen atoms in total. The fraction of sp³-hybridized carbons (Fsp3) is 0.192. The van der Waals surface area contributed by atoms with E-state index < -0.39 is 11.4 Å². The number of fused-ring (bicyclic) bond motifs is 1. The molecule has 1 aromatic heterocycles. The molecule has 0 N–H and O–H groups in total. The summed E-state index contributed by atoms with van der Waals surface area (Å²) in [6.45, 7) is 0. The third kappa shape index (κ3) is 4.72. The summed E-state index contributed by atoms with van der Waals surface area (Å²) in [5.74, 6) is 0.821. The number of methoxy groups -OCH3 is 4. The van der Waals surface area contributed by atoms with Crippen LogP contribution in [0.5, 0.6) is 23.0 Å². The lowest BCUT2D eigenvalue weighted by atomic mass is 10.1. The van der Waals surface area contributed by atoms with Gasteiger partial charge in [0.05, 0.1) is 45.3 Å². The molecule has 36 heavy (non-hydrogen) atoms. The number of benzene rings is 3. The Balaban J connectivity index is 1.86. The van der Waals surface area contributed by atoms with Crippen LogP contribution in [0.3, 0.4) is 0 Å². The number of Topliss-reactive ketones (excluding diaryl/α,β-unsaturated/α-hetero) is 1. The number of ether oxygens (including phenoxy) is 4. The molecule has 1 heterocycles. The minimum atomic E-state index is -0.447. The predicted octanol–water partition coefficient (Wildman–Crippen LogP) is 4.53. The average Bonchev–Trinajstić information content (AvgIpc) is 2.91. The molecule has 0 amide bonds. The molecule has 0 aliphatic rings. The lowest BCUT2D eigenvalue weighted by molar-refractivity contribution is 0.102. The third-order valence-electron chi connectivity index (χ3n) is 5.47. The van der Waals surface area contributed by atoms with Crippen molar-refractivity contribution < 1.29 is 28.1 Å². The maximum atomic E-state index is 13.7. The lowest BCUT2D eigenvalue weighted by Gasteiger charge is -2.17. The van der Waals surface area contributed by atoms with Gasteiger partial charge in [0.25, 0.3) is 5.56 Å². The first-order chi connectivity index (χ1) is 17.4. The Labute approximate surface area is 210 Å². The van der Waals surface area contributed by atoms with Crippen LogP contribution >= 0.6 is 11.8 Å². The van der Waals surface area contributed by atoms with E-state index in [4.69, 9.17) is 18.9 Å². The number of ketones is 1. The number of hydrogen-bond acceptors (Lipinski definition) is 8. The van der Waals surface area contributed by atoms with E-state index in [1.54, 1.807) is 31.4 Å². The third-order valence-corrected chi connectivity index (χ3v) is 6.40. The predicted molar refractivity (Wildman–Crippen MR) is 135 cm³/mol. The molecule has 10 heteroatoms. The van der Waals surface area contributed by atoms with E-state index in [-0.39, 0.29) is 39.1 Å². The van der Waals surface area contributed by atoms with Gasteiger partial charge in [-0.3, -0.25) is 14.2 Å². The average molecular weight is 511 g/mol. The molecular weight excluding hydrogens is 487 g/mol. The molecule has 0 unspecified atom stereocenters. The normalized spacial score (nSPS) is 10.8. The van der Waals surface area contributed by atoms with Crippen LogP contribution in [0.1, 0.15) is 10.4 Å². The molecule has 0 spiro atoms. The number of halogens is 1. The zero-order chi connectivity index (χ0) is 25.8. The molecule has 0 saturated carbocycles. The SMILES string of the molecule is COc1ccc(C(=O)CSc2nc3c(OC)c(OC)c(OC)cc3c(=O)n2-c2ccc(F)cc2)cc1. The summed E-state index contributed by atoms with van der Waals surface area (Å²) in [6.07, 6.45) is 0. The van der Waals surface area contributed by atoms with Gasteiger partial charge < -0.3 is 18.9 Å². The highest BCUT2D eigenvalue weighted by Gasteiger charge is 2.23. The number of carbonyl (C=O) groups is 1. The summed E-state index contributed by atoms with van der Waals surface area (Å²) < 4.78 is 36.4. The van der Waals surface area contributed by atoms with Gasteiger partial charge in [0, 0.05) is 5.56 Å². The van der Waals surface area contributed by atoms with Gasteiger partial charge in [0.15, 0.2) is 22.4 Å². The molecule has 0 bridgehead atoms. The van der Waals surface area contributed by atoms with Crippen molar-refractivity contribution >= 4 is 28.4 Å². The van der Waals surface area contributed by atoms with E-state index in [2.05, 4.69) is 4.98 Å². The van der Waals surface area contributed by atoms with Crippen molar-refractivity contribution in [3.05, 3.63) is 76.3 Å². The molecular formula is C26H23FN2O6S. The molecule has 0 aliphatic heterocycles. The molecule has 0 radical (unpaired) electrons. The van der Waals surface area contributed by atoms with Gasteiger partial charge in [-0.1, -0.05) is 11.8 Å². The maximum absolute atomic E-state index is 13.7. The smallest absolute Gasteiger partial charge is 0.266 e. The first-order valence-electron chi connectivity index (χ1n) is 10.7. The van der Waals surface area contributed by atoms with Crippen molar-refractivity contribution in [3.63, 3.8) is 0 Å². The Hall–Kier alpha value is -4.05. The number of thioether (sulfide) groups is 1. The molecule has 0 aliphatic carbocycles. The quantitative estimate of drug-likeness (QED) is 0.184. The molecule has 4 rings (SSSR count). The van der Waals surface area contributed by atoms with Crippen molar-refractivity contribution in [2.24, 2.45) is 0 Å². The largest absolute Gasteiger partial charge is 0.497 e. The van der Waals surface area contributed by atoms with Crippen LogP contribution in [0.25, 0.3) is 16.6 Å². The van der Waals surface area contributed by atoms with Crippen LogP contribution in [0.15, 0.2) is 64.5 Å². The zero-order valence-corrected chi connectivity index (χ0v) is 20.8. The standard InChI is InChI=1S/C26H23FN2O6S/c1-32-18-11-5-15(6-12-18)20(30)14-36-26-28-22-19(13-21(33-2)23(34-3)24(22)35-4)25(31)29(26)17-9-7-16(27)8-10-17/h5-13H,14H2,1-4H3. The van der Waals surface area contributed by atoms with Crippen LogP contribution in [0, 0.1) is 5.82 Å². The highest BCUT2D eigenvalue weighted by molar-refractivity contribution is 7.99. The Bertz CT molecular complexity index is 1470. The van der Waals surface area contributed by atoms with Gasteiger partial charge >= 0.3 is 0 Å². The van der Waals surface area contributed by atoms with E-state index >= 15 is 0 Å². The second-order valence-electron chi connectivity index (χ2n) is 7.49. The molecule has 0 fully saturated rings. The Morgan fingerprint density at radius 1 is 0.917 bits per heavy atom. The van der Waals surface area contributed by atoms with Crippen LogP contribution in [-0.2, 0) is 0 Å². The highest BCUT2D eigenvalue weighted by Crippen LogP contribution is 2.42. The van der Waals surface area contributed by atoms with Gasteiger partial charge in [-0.2, -0.15) is 0 Å². The van der Waals surface area contributed by atoms with Gasteiger partial charge in [0.2, 0.25) is 5.75 Å². The molecule has 0 saturated heterocycles. The number of hydrogen-bond donors (Lipinski definition) is 0. The van der Waals surface area contributed by atoms with Crippen LogP contribution < -0.4 is 24.5 Å². The van der Waals surface area contributed by atoms with Crippen molar-refractivity contribution in [1.82, 2.24) is 9.55 Å². The number of nitrogens with zero attached hydrogens (tertiary/aromatic N) is 2. The minimum absolute atomic E-state index is 0.00107. The summed E-state index contributed by atoms with van der Waals surface area (Å²) in [5, 5.41) is 0.436. The van der Waals surface area contributed by atoms with Crippen LogP contribution in [0.4, 0.5) is 4.39 Å². The summed E-state index contributed by atoms with van der Waals surface area (Å²) >= 11 is 1.08. The van der Waals surface area contributed by atoms with Gasteiger partial charge in [-0.15, -0.1) is 0 Å². The monoisotopic (exact) mass is 510 g/mol. The first-order valence-corrected chi connectivity index (χ1v) is 11.7. The van der Waals surface area contributed by atoms with Gasteiger partial charge in [-0.05, 0) is 54.6 Å². The van der Waals surface area contributed by atoms with E-state index in [1.807, 2.05) is 0 Å². The summed E-state index contributed by atoms with van der Waals surface area (Å²) in [5.41, 5.74) is 0.691. The maximum Gasteiger partial charge on any atom is 0.266 e. The summed E-state index contributed by atoms with van der Waals surface area (Å²) in [6, 6.07) is 13.7. The highest BCUT2D eigenvalue weighted by atomic mass is 32.2. The van der Waals surface area contributed by atoms with E-state index in [9.17, 15) is 14.0 Å². The van der Waals surface area contributed by atoms with Crippen LogP contribution in [0.2, 0.25) is 0 Å². The molecule has 0 atom stereocenters. The topological polar surface area (TPSA) is 88.9 Å². The van der Waals surface area contributed by atoms with E-state index in [0.29, 0.717) is 22.7 Å². The van der Waals surface area contributed by atoms with Crippen molar-refractivity contribution in [2.45, 2.75) is 5.16 Å². The van der Waals surface area contributed by atoms with Gasteiger partial charge in [-0.25, -0.2) is 9.37 Å². The van der Waals surface area contributed by atoms with Crippen molar-refractivity contribution in [1.29, 1.82) is 0 Å². The van der Waals surface area contributed by atoms with Crippen molar-refractivity contribution in [2.75, 3.05) is 34.2 Å². The van der Waals surface area contributed by atoms with E-state index in [1.165, 1.54) is 56.2 Å². The zero-order valence-electron chi connectivity index (χ0n) is 20.0. The molecule has 4 aromatic rings. The second kappa shape index (κ2) is 10.7. The fourth-order valence-electron chi connectivity index (χ4n) is 3.67. The van der Waals surface area contributed by atoms with Gasteiger partial charge in [0.1, 0.15) is 17.1 Å².